The van der Waals surface area contributed by atoms with Crippen molar-refractivity contribution in [1.29, 1.82) is 0 Å². The first-order chi connectivity index (χ1) is 10.8. The van der Waals surface area contributed by atoms with Crippen LogP contribution in [0.3, 0.4) is 0 Å². The Kier molecular flexibility index (Phi) is 3.51. The Hall–Kier alpha value is -0.440. The molecule has 3 heteroatoms. The molecule has 3 saturated carbocycles. The lowest BCUT2D eigenvalue weighted by atomic mass is 9.44. The average Bonchev–Trinajstić information content (AvgIpc) is 2.82. The lowest BCUT2D eigenvalue weighted by molar-refractivity contribution is -0.138. The summed E-state index contributed by atoms with van der Waals surface area (Å²) in [5, 5.41) is 0. The third kappa shape index (κ3) is 1.98. The summed E-state index contributed by atoms with van der Waals surface area (Å²) >= 11 is 3.98. The molecule has 0 saturated heterocycles. The highest BCUT2D eigenvalue weighted by atomic mass is 79.9. The first-order valence-corrected chi connectivity index (χ1v) is 10.1. The molecule has 0 heterocycles. The molecule has 0 aliphatic heterocycles. The number of allylic oxidation sites excluding steroid dienone is 2. The molecule has 2 nitrogen and oxygen atoms in total. The molecule has 4 rings (SSSR count). The van der Waals surface area contributed by atoms with E-state index < -0.39 is 0 Å². The monoisotopic (exact) mass is 378 g/mol. The zero-order valence-corrected chi connectivity index (χ0v) is 15.9. The van der Waals surface area contributed by atoms with E-state index in [1.807, 2.05) is 6.08 Å². The van der Waals surface area contributed by atoms with Crippen molar-refractivity contribution in [2.45, 2.75) is 57.7 Å². The number of carbonyl (C=O) groups is 2. The number of hydrogen-bond acceptors (Lipinski definition) is 2. The van der Waals surface area contributed by atoms with E-state index in [4.69, 9.17) is 0 Å². The van der Waals surface area contributed by atoms with Crippen molar-refractivity contribution >= 4 is 27.5 Å². The Balaban J connectivity index is 1.78. The van der Waals surface area contributed by atoms with Crippen LogP contribution in [0.5, 0.6) is 0 Å². The summed E-state index contributed by atoms with van der Waals surface area (Å²) in [5.74, 6) is 3.46. The average molecular weight is 379 g/mol. The second kappa shape index (κ2) is 5.03. The van der Waals surface area contributed by atoms with Crippen LogP contribution in [0.1, 0.15) is 52.9 Å². The number of carbonyl (C=O) groups excluding carboxylic acids is 2. The van der Waals surface area contributed by atoms with Crippen molar-refractivity contribution < 1.29 is 9.59 Å². The number of Topliss-reactive ketones (excluding diaryl/α,β-unsaturated/α-hetero) is 1. The molecule has 0 aromatic carbocycles. The topological polar surface area (TPSA) is 34.1 Å². The van der Waals surface area contributed by atoms with Gasteiger partial charge >= 0.3 is 0 Å². The minimum Gasteiger partial charge on any atom is -0.299 e. The van der Waals surface area contributed by atoms with Gasteiger partial charge in [0.1, 0.15) is 5.78 Å². The largest absolute Gasteiger partial charge is 0.299 e. The van der Waals surface area contributed by atoms with Gasteiger partial charge in [-0.15, -0.1) is 0 Å². The molecular formula is C20H27BrO2. The quantitative estimate of drug-likeness (QED) is 0.578. The van der Waals surface area contributed by atoms with Crippen LogP contribution in [0.2, 0.25) is 0 Å². The molecular weight excluding hydrogens is 352 g/mol. The highest BCUT2D eigenvalue weighted by Crippen LogP contribution is 2.66. The summed E-state index contributed by atoms with van der Waals surface area (Å²) in [5.41, 5.74) is 0.0196. The van der Waals surface area contributed by atoms with Crippen LogP contribution in [-0.4, -0.2) is 16.4 Å². The number of hydrogen-bond donors (Lipinski definition) is 0. The van der Waals surface area contributed by atoms with E-state index in [2.05, 4.69) is 42.8 Å². The van der Waals surface area contributed by atoms with E-state index in [0.29, 0.717) is 46.6 Å². The lowest BCUT2D eigenvalue weighted by Gasteiger charge is -2.61. The molecule has 126 valence electrons. The summed E-state index contributed by atoms with van der Waals surface area (Å²) in [6.45, 7) is 6.96. The normalized spacial score (nSPS) is 55.3. The fraction of sp³-hybridized carbons (Fsp3) is 0.800. The summed E-state index contributed by atoms with van der Waals surface area (Å²) in [4.78, 5) is 24.9. The Labute approximate surface area is 147 Å². The Bertz CT molecular complexity index is 596. The van der Waals surface area contributed by atoms with E-state index in [1.165, 1.54) is 0 Å². The van der Waals surface area contributed by atoms with Crippen LogP contribution >= 0.6 is 15.9 Å². The Morgan fingerprint density at radius 2 is 1.87 bits per heavy atom. The van der Waals surface area contributed by atoms with Crippen LogP contribution in [0.15, 0.2) is 12.2 Å². The van der Waals surface area contributed by atoms with Gasteiger partial charge in [-0.1, -0.05) is 42.8 Å². The maximum Gasteiger partial charge on any atom is 0.155 e. The van der Waals surface area contributed by atoms with E-state index >= 15 is 0 Å². The Morgan fingerprint density at radius 1 is 1.13 bits per heavy atom. The molecule has 4 aliphatic carbocycles. The fourth-order valence-corrected chi connectivity index (χ4v) is 7.87. The molecule has 4 aliphatic rings. The van der Waals surface area contributed by atoms with Crippen LogP contribution < -0.4 is 0 Å². The lowest BCUT2D eigenvalue weighted by Crippen LogP contribution is -2.58. The standard InChI is InChI=1S/C20H27BrO2/c1-11-17-13-4-5-16(23)20(13,3)9-7-14(17)19(2)8-6-12(22)10-15(19)18(11)21/h6,8,11,13-15,17-18H,4-5,7,9-10H2,1-3H3/t11?,13-,14+,15?,17-,18?,19+,20-/m0/s1. The molecule has 8 atom stereocenters. The van der Waals surface area contributed by atoms with Gasteiger partial charge in [0.25, 0.3) is 0 Å². The number of rotatable bonds is 0. The fourth-order valence-electron chi connectivity index (χ4n) is 6.76. The SMILES string of the molecule is CC1C(Br)C2CC(=O)C=C[C@]2(C)[C@@H]2CC[C@]3(C)C(=O)CC[C@H]3[C@H]12. The number of halogens is 1. The number of alkyl halides is 1. The predicted octanol–water partition coefficient (Wildman–Crippen LogP) is 4.56. The second-order valence-corrected chi connectivity index (χ2v) is 10.0. The van der Waals surface area contributed by atoms with Gasteiger partial charge in [-0.25, -0.2) is 0 Å². The first-order valence-electron chi connectivity index (χ1n) is 9.18. The van der Waals surface area contributed by atoms with E-state index in [9.17, 15) is 9.59 Å². The van der Waals surface area contributed by atoms with E-state index in [1.54, 1.807) is 0 Å². The van der Waals surface area contributed by atoms with Crippen molar-refractivity contribution in [3.05, 3.63) is 12.2 Å². The molecule has 23 heavy (non-hydrogen) atoms. The molecule has 3 fully saturated rings. The zero-order chi connectivity index (χ0) is 16.6. The van der Waals surface area contributed by atoms with Gasteiger partial charge in [0, 0.05) is 23.1 Å². The van der Waals surface area contributed by atoms with Crippen LogP contribution in [-0.2, 0) is 9.59 Å². The smallest absolute Gasteiger partial charge is 0.155 e. The molecule has 0 N–H and O–H groups in total. The second-order valence-electron chi connectivity index (χ2n) is 8.99. The first kappa shape index (κ1) is 16.1. The molecule has 0 aromatic rings. The minimum atomic E-state index is -0.0838. The van der Waals surface area contributed by atoms with Crippen molar-refractivity contribution in [3.63, 3.8) is 0 Å². The van der Waals surface area contributed by atoms with Crippen LogP contribution in [0.25, 0.3) is 0 Å². The van der Waals surface area contributed by atoms with Crippen molar-refractivity contribution in [1.82, 2.24) is 0 Å². The molecule has 3 unspecified atom stereocenters. The van der Waals surface area contributed by atoms with Crippen molar-refractivity contribution in [2.24, 2.45) is 40.4 Å². The highest BCUT2D eigenvalue weighted by molar-refractivity contribution is 9.09. The van der Waals surface area contributed by atoms with Gasteiger partial charge in [0.15, 0.2) is 5.78 Å². The highest BCUT2D eigenvalue weighted by Gasteiger charge is 2.63. The summed E-state index contributed by atoms with van der Waals surface area (Å²) in [6, 6.07) is 0. The predicted molar refractivity (Wildman–Crippen MR) is 94.3 cm³/mol. The third-order valence-electron chi connectivity index (χ3n) is 8.18. The van der Waals surface area contributed by atoms with E-state index in [0.717, 1.165) is 25.7 Å². The van der Waals surface area contributed by atoms with Gasteiger partial charge in [-0.2, -0.15) is 0 Å². The molecule has 0 radical (unpaired) electrons. The Morgan fingerprint density at radius 3 is 2.61 bits per heavy atom. The molecule has 0 aromatic heterocycles. The molecule has 0 spiro atoms. The van der Waals surface area contributed by atoms with Crippen LogP contribution in [0, 0.1) is 40.4 Å². The van der Waals surface area contributed by atoms with Gasteiger partial charge in [0.05, 0.1) is 0 Å². The summed E-state index contributed by atoms with van der Waals surface area (Å²) < 4.78 is 0. The number of fused-ring (bicyclic) bond motifs is 5. The van der Waals surface area contributed by atoms with Crippen LogP contribution in [0.4, 0.5) is 0 Å². The summed E-state index contributed by atoms with van der Waals surface area (Å²) in [7, 11) is 0. The molecule has 0 bridgehead atoms. The maximum atomic E-state index is 12.5. The van der Waals surface area contributed by atoms with Crippen molar-refractivity contribution in [2.75, 3.05) is 0 Å². The van der Waals surface area contributed by atoms with Crippen molar-refractivity contribution in [3.8, 4) is 0 Å². The minimum absolute atomic E-state index is 0.0838. The van der Waals surface area contributed by atoms with E-state index in [-0.39, 0.29) is 16.6 Å². The molecule has 0 amide bonds. The van der Waals surface area contributed by atoms with Gasteiger partial charge in [-0.3, -0.25) is 9.59 Å². The zero-order valence-electron chi connectivity index (χ0n) is 14.3. The summed E-state index contributed by atoms with van der Waals surface area (Å²) in [6.07, 6.45) is 8.76. The maximum absolute atomic E-state index is 12.5. The van der Waals surface area contributed by atoms with Gasteiger partial charge in [0.2, 0.25) is 0 Å². The van der Waals surface area contributed by atoms with Gasteiger partial charge < -0.3 is 0 Å². The third-order valence-corrected chi connectivity index (χ3v) is 9.65. The van der Waals surface area contributed by atoms with Gasteiger partial charge in [-0.05, 0) is 60.3 Å². The number of ketones is 2.